The summed E-state index contributed by atoms with van der Waals surface area (Å²) in [6.45, 7) is 1.14. The Labute approximate surface area is 112 Å². The summed E-state index contributed by atoms with van der Waals surface area (Å²) in [6, 6.07) is 7.40. The van der Waals surface area contributed by atoms with Gasteiger partial charge < -0.3 is 15.0 Å². The molecule has 1 aromatic heterocycles. The summed E-state index contributed by atoms with van der Waals surface area (Å²) in [5.41, 5.74) is 2.72. The van der Waals surface area contributed by atoms with Crippen LogP contribution in [0.2, 0.25) is 0 Å². The Kier molecular flexibility index (Phi) is 4.69. The number of methoxy groups -OCH3 is 1. The highest BCUT2D eigenvalue weighted by Gasteiger charge is 2.04. The van der Waals surface area contributed by atoms with Gasteiger partial charge >= 0.3 is 0 Å². The summed E-state index contributed by atoms with van der Waals surface area (Å²) in [6.07, 6.45) is 4.13. The molecule has 0 unspecified atom stereocenters. The normalized spacial score (nSPS) is 10.4. The largest absolute Gasteiger partial charge is 0.380 e. The number of ether oxygens (including phenoxy) is 1. The minimum absolute atomic E-state index is 0.0662. The molecule has 1 aromatic carbocycles. The molecule has 100 valence electrons. The van der Waals surface area contributed by atoms with Crippen molar-refractivity contribution in [3.05, 3.63) is 53.6 Å². The third kappa shape index (κ3) is 3.93. The summed E-state index contributed by atoms with van der Waals surface area (Å²) in [7, 11) is 1.65. The van der Waals surface area contributed by atoms with E-state index in [2.05, 4.69) is 15.3 Å². The predicted molar refractivity (Wildman–Crippen MR) is 71.8 cm³/mol. The lowest BCUT2D eigenvalue weighted by molar-refractivity contribution is 0.0954. The van der Waals surface area contributed by atoms with E-state index in [1.54, 1.807) is 31.8 Å². The number of aromatic nitrogens is 2. The van der Waals surface area contributed by atoms with Gasteiger partial charge in [0.2, 0.25) is 0 Å². The fourth-order valence-corrected chi connectivity index (χ4v) is 1.75. The molecule has 0 saturated carbocycles. The molecule has 0 radical (unpaired) electrons. The molecule has 2 rings (SSSR count). The maximum Gasteiger partial charge on any atom is 0.251 e. The van der Waals surface area contributed by atoms with Gasteiger partial charge in [0.15, 0.2) is 0 Å². The van der Waals surface area contributed by atoms with E-state index >= 15 is 0 Å². The van der Waals surface area contributed by atoms with Crippen molar-refractivity contribution in [3.63, 3.8) is 0 Å². The van der Waals surface area contributed by atoms with Crippen LogP contribution in [0.25, 0.3) is 0 Å². The van der Waals surface area contributed by atoms with Gasteiger partial charge in [-0.2, -0.15) is 0 Å². The van der Waals surface area contributed by atoms with Crippen LogP contribution in [0.1, 0.15) is 21.6 Å². The number of imidazole rings is 1. The first-order chi connectivity index (χ1) is 9.29. The Bertz CT molecular complexity index is 506. The molecule has 0 aliphatic rings. The van der Waals surface area contributed by atoms with Gasteiger partial charge in [0.05, 0.1) is 12.9 Å². The van der Waals surface area contributed by atoms with Crippen molar-refractivity contribution >= 4 is 5.91 Å². The molecule has 5 nitrogen and oxygen atoms in total. The highest BCUT2D eigenvalue weighted by atomic mass is 16.5. The second-order valence-electron chi connectivity index (χ2n) is 4.21. The fraction of sp³-hybridized carbons (Fsp3) is 0.286. The first-order valence-corrected chi connectivity index (χ1v) is 6.13. The molecule has 2 N–H and O–H groups in total. The Morgan fingerprint density at radius 3 is 2.79 bits per heavy atom. The monoisotopic (exact) mass is 259 g/mol. The molecule has 5 heteroatoms. The van der Waals surface area contributed by atoms with E-state index < -0.39 is 0 Å². The zero-order valence-electron chi connectivity index (χ0n) is 10.8. The van der Waals surface area contributed by atoms with Crippen LogP contribution in [0.15, 0.2) is 36.8 Å². The molecule has 2 aromatic rings. The molecule has 0 aliphatic carbocycles. The summed E-state index contributed by atoms with van der Waals surface area (Å²) >= 11 is 0. The summed E-state index contributed by atoms with van der Waals surface area (Å²) in [4.78, 5) is 18.8. The number of hydrogen-bond acceptors (Lipinski definition) is 3. The average Bonchev–Trinajstić information content (AvgIpc) is 2.93. The van der Waals surface area contributed by atoms with Crippen LogP contribution in [-0.2, 0) is 17.8 Å². The Morgan fingerprint density at radius 1 is 1.37 bits per heavy atom. The Morgan fingerprint density at radius 2 is 2.16 bits per heavy atom. The maximum absolute atomic E-state index is 11.9. The lowest BCUT2D eigenvalue weighted by Gasteiger charge is -2.05. The second-order valence-corrected chi connectivity index (χ2v) is 4.21. The molecule has 0 fully saturated rings. The maximum atomic E-state index is 11.9. The van der Waals surface area contributed by atoms with Crippen molar-refractivity contribution in [1.29, 1.82) is 0 Å². The number of amides is 1. The number of carbonyl (C=O) groups is 1. The molecule has 0 atom stereocenters. The standard InChI is InChI=1S/C14H17N3O2/c1-19-9-11-2-4-12(5-3-11)14(18)16-7-6-13-8-15-10-17-13/h2-5,8,10H,6-7,9H2,1H3,(H,15,17)(H,16,18). The summed E-state index contributed by atoms with van der Waals surface area (Å²) in [5.74, 6) is -0.0662. The predicted octanol–water partition coefficient (Wildman–Crippen LogP) is 1.53. The number of nitrogens with zero attached hydrogens (tertiary/aromatic N) is 1. The zero-order chi connectivity index (χ0) is 13.5. The molecule has 0 bridgehead atoms. The van der Waals surface area contributed by atoms with Crippen LogP contribution in [0.5, 0.6) is 0 Å². The quantitative estimate of drug-likeness (QED) is 0.826. The van der Waals surface area contributed by atoms with E-state index in [1.807, 2.05) is 12.1 Å². The minimum Gasteiger partial charge on any atom is -0.380 e. The third-order valence-electron chi connectivity index (χ3n) is 2.76. The fourth-order valence-electron chi connectivity index (χ4n) is 1.75. The van der Waals surface area contributed by atoms with Crippen molar-refractivity contribution < 1.29 is 9.53 Å². The van der Waals surface area contributed by atoms with Gasteiger partial charge in [-0.05, 0) is 17.7 Å². The molecule has 1 heterocycles. The highest BCUT2D eigenvalue weighted by Crippen LogP contribution is 2.05. The van der Waals surface area contributed by atoms with Gasteiger partial charge in [0.25, 0.3) is 5.91 Å². The van der Waals surface area contributed by atoms with Crippen LogP contribution in [0.3, 0.4) is 0 Å². The number of rotatable bonds is 6. The van der Waals surface area contributed by atoms with Crippen LogP contribution < -0.4 is 5.32 Å². The summed E-state index contributed by atoms with van der Waals surface area (Å²) < 4.78 is 5.02. The molecule has 0 spiro atoms. The lowest BCUT2D eigenvalue weighted by Crippen LogP contribution is -2.25. The number of benzene rings is 1. The Balaban J connectivity index is 1.82. The van der Waals surface area contributed by atoms with E-state index in [-0.39, 0.29) is 5.91 Å². The lowest BCUT2D eigenvalue weighted by atomic mass is 10.1. The van der Waals surface area contributed by atoms with Crippen molar-refractivity contribution in [2.75, 3.05) is 13.7 Å². The van der Waals surface area contributed by atoms with E-state index in [0.717, 1.165) is 17.7 Å². The number of H-pyrrole nitrogens is 1. The Hall–Kier alpha value is -2.14. The number of hydrogen-bond donors (Lipinski definition) is 2. The second kappa shape index (κ2) is 6.70. The summed E-state index contributed by atoms with van der Waals surface area (Å²) in [5, 5.41) is 2.87. The van der Waals surface area contributed by atoms with Gasteiger partial charge in [-0.1, -0.05) is 12.1 Å². The van der Waals surface area contributed by atoms with Crippen molar-refractivity contribution in [2.45, 2.75) is 13.0 Å². The van der Waals surface area contributed by atoms with E-state index in [4.69, 9.17) is 4.74 Å². The third-order valence-corrected chi connectivity index (χ3v) is 2.76. The van der Waals surface area contributed by atoms with Gasteiger partial charge in [0, 0.05) is 37.5 Å². The van der Waals surface area contributed by atoms with Crippen molar-refractivity contribution in [1.82, 2.24) is 15.3 Å². The van der Waals surface area contributed by atoms with E-state index in [0.29, 0.717) is 18.7 Å². The van der Waals surface area contributed by atoms with Gasteiger partial charge in [-0.15, -0.1) is 0 Å². The van der Waals surface area contributed by atoms with Crippen LogP contribution >= 0.6 is 0 Å². The number of nitrogens with one attached hydrogen (secondary N) is 2. The molecular formula is C14H17N3O2. The average molecular weight is 259 g/mol. The van der Waals surface area contributed by atoms with Gasteiger partial charge in [0.1, 0.15) is 0 Å². The smallest absolute Gasteiger partial charge is 0.251 e. The van der Waals surface area contributed by atoms with Crippen molar-refractivity contribution in [2.24, 2.45) is 0 Å². The van der Waals surface area contributed by atoms with Crippen LogP contribution in [0, 0.1) is 0 Å². The first-order valence-electron chi connectivity index (χ1n) is 6.13. The number of aromatic amines is 1. The topological polar surface area (TPSA) is 67.0 Å². The SMILES string of the molecule is COCc1ccc(C(=O)NCCc2cnc[nH]2)cc1. The molecule has 19 heavy (non-hydrogen) atoms. The van der Waals surface area contributed by atoms with Crippen molar-refractivity contribution in [3.8, 4) is 0 Å². The molecule has 0 aliphatic heterocycles. The van der Waals surface area contributed by atoms with E-state index in [1.165, 1.54) is 0 Å². The first kappa shape index (κ1) is 13.3. The van der Waals surface area contributed by atoms with Crippen LogP contribution in [-0.4, -0.2) is 29.5 Å². The zero-order valence-corrected chi connectivity index (χ0v) is 10.8. The highest BCUT2D eigenvalue weighted by molar-refractivity contribution is 5.94. The van der Waals surface area contributed by atoms with Gasteiger partial charge in [-0.3, -0.25) is 4.79 Å². The molecule has 0 saturated heterocycles. The minimum atomic E-state index is -0.0662. The number of carbonyl (C=O) groups excluding carboxylic acids is 1. The molecule has 1 amide bonds. The van der Waals surface area contributed by atoms with Crippen LogP contribution in [0.4, 0.5) is 0 Å². The van der Waals surface area contributed by atoms with E-state index in [9.17, 15) is 4.79 Å². The van der Waals surface area contributed by atoms with Gasteiger partial charge in [-0.25, -0.2) is 4.98 Å². The molecular weight excluding hydrogens is 242 g/mol.